The standard InChI is InChI=1S/C9H17N3O2/c1-6(2)11-9(14)12-7-3-4-8(13)10-5-7/h6-7H,3-5H2,1-2H3,(H,10,13)(H2,11,12,14). The molecule has 0 saturated carbocycles. The lowest BCUT2D eigenvalue weighted by molar-refractivity contribution is -0.122. The van der Waals surface area contributed by atoms with Crippen molar-refractivity contribution in [2.45, 2.75) is 38.8 Å². The fourth-order valence-electron chi connectivity index (χ4n) is 1.35. The maximum Gasteiger partial charge on any atom is 0.315 e. The molecule has 1 saturated heterocycles. The molecule has 0 radical (unpaired) electrons. The van der Waals surface area contributed by atoms with E-state index in [4.69, 9.17) is 0 Å². The third-order valence-electron chi connectivity index (χ3n) is 2.02. The van der Waals surface area contributed by atoms with Gasteiger partial charge >= 0.3 is 6.03 Å². The fraction of sp³-hybridized carbons (Fsp3) is 0.778. The van der Waals surface area contributed by atoms with E-state index >= 15 is 0 Å². The SMILES string of the molecule is CC(C)NC(=O)NC1CCC(=O)NC1. The first kappa shape index (κ1) is 10.8. The molecule has 5 heteroatoms. The molecule has 0 aliphatic carbocycles. The first-order valence-electron chi connectivity index (χ1n) is 4.91. The lowest BCUT2D eigenvalue weighted by atomic mass is 10.1. The molecule has 0 aromatic heterocycles. The van der Waals surface area contributed by atoms with Crippen molar-refractivity contribution in [1.82, 2.24) is 16.0 Å². The van der Waals surface area contributed by atoms with Crippen LogP contribution in [0.2, 0.25) is 0 Å². The zero-order chi connectivity index (χ0) is 10.6. The Bertz CT molecular complexity index is 218. The number of carbonyl (C=O) groups is 2. The van der Waals surface area contributed by atoms with Gasteiger partial charge in [-0.1, -0.05) is 0 Å². The largest absolute Gasteiger partial charge is 0.354 e. The number of piperidine rings is 1. The van der Waals surface area contributed by atoms with Gasteiger partial charge in [0.25, 0.3) is 0 Å². The average molecular weight is 199 g/mol. The third kappa shape index (κ3) is 3.64. The van der Waals surface area contributed by atoms with Gasteiger partial charge in [0.15, 0.2) is 0 Å². The summed E-state index contributed by atoms with van der Waals surface area (Å²) in [6.07, 6.45) is 1.21. The molecule has 1 atom stereocenters. The summed E-state index contributed by atoms with van der Waals surface area (Å²) >= 11 is 0. The Morgan fingerprint density at radius 3 is 2.79 bits per heavy atom. The summed E-state index contributed by atoms with van der Waals surface area (Å²) in [4.78, 5) is 22.1. The maximum atomic E-state index is 11.3. The molecule has 1 unspecified atom stereocenters. The van der Waals surface area contributed by atoms with Gasteiger partial charge in [-0.2, -0.15) is 0 Å². The van der Waals surface area contributed by atoms with Crippen molar-refractivity contribution in [2.24, 2.45) is 0 Å². The monoisotopic (exact) mass is 199 g/mol. The van der Waals surface area contributed by atoms with Gasteiger partial charge in [-0.25, -0.2) is 4.79 Å². The van der Waals surface area contributed by atoms with Crippen LogP contribution in [0.25, 0.3) is 0 Å². The minimum absolute atomic E-state index is 0.0615. The zero-order valence-corrected chi connectivity index (χ0v) is 8.59. The van der Waals surface area contributed by atoms with Crippen molar-refractivity contribution in [2.75, 3.05) is 6.54 Å². The van der Waals surface area contributed by atoms with Gasteiger partial charge in [-0.15, -0.1) is 0 Å². The second kappa shape index (κ2) is 4.83. The van der Waals surface area contributed by atoms with Gasteiger partial charge < -0.3 is 16.0 Å². The molecule has 0 spiro atoms. The predicted octanol–water partition coefficient (Wildman–Crippen LogP) is -0.0274. The van der Waals surface area contributed by atoms with Gasteiger partial charge in [0.05, 0.1) is 0 Å². The molecule has 5 nitrogen and oxygen atoms in total. The van der Waals surface area contributed by atoms with Gasteiger partial charge in [0, 0.05) is 25.0 Å². The molecule has 1 aliphatic heterocycles. The van der Waals surface area contributed by atoms with E-state index in [0.717, 1.165) is 6.42 Å². The molecule has 80 valence electrons. The maximum absolute atomic E-state index is 11.3. The number of amides is 3. The van der Waals surface area contributed by atoms with E-state index in [1.807, 2.05) is 13.8 Å². The normalized spacial score (nSPS) is 21.6. The van der Waals surface area contributed by atoms with Crippen LogP contribution in [0.5, 0.6) is 0 Å². The summed E-state index contributed by atoms with van der Waals surface area (Å²) in [5.74, 6) is 0.0623. The Labute approximate surface area is 83.6 Å². The third-order valence-corrected chi connectivity index (χ3v) is 2.02. The molecule has 0 aromatic rings. The molecule has 1 rings (SSSR count). The quantitative estimate of drug-likeness (QED) is 0.584. The van der Waals surface area contributed by atoms with Crippen LogP contribution in [0.3, 0.4) is 0 Å². The Balaban J connectivity index is 2.24. The van der Waals surface area contributed by atoms with Crippen LogP contribution >= 0.6 is 0 Å². The van der Waals surface area contributed by atoms with Crippen molar-refractivity contribution < 1.29 is 9.59 Å². The number of nitrogens with one attached hydrogen (secondary N) is 3. The van der Waals surface area contributed by atoms with Gasteiger partial charge in [0.1, 0.15) is 0 Å². The van der Waals surface area contributed by atoms with Crippen LogP contribution in [0.4, 0.5) is 4.79 Å². The molecule has 14 heavy (non-hydrogen) atoms. The summed E-state index contributed by atoms with van der Waals surface area (Å²) < 4.78 is 0. The first-order chi connectivity index (χ1) is 6.58. The van der Waals surface area contributed by atoms with Gasteiger partial charge in [0.2, 0.25) is 5.91 Å². The number of urea groups is 1. The molecular formula is C9H17N3O2. The zero-order valence-electron chi connectivity index (χ0n) is 8.59. The van der Waals surface area contributed by atoms with Crippen LogP contribution in [0.1, 0.15) is 26.7 Å². The summed E-state index contributed by atoms with van der Waals surface area (Å²) in [5, 5.41) is 8.25. The van der Waals surface area contributed by atoms with Crippen LogP contribution in [0.15, 0.2) is 0 Å². The average Bonchev–Trinajstić information content (AvgIpc) is 2.07. The van der Waals surface area contributed by atoms with Crippen LogP contribution in [-0.2, 0) is 4.79 Å². The second-order valence-electron chi connectivity index (χ2n) is 3.81. The minimum atomic E-state index is -0.166. The van der Waals surface area contributed by atoms with Crippen molar-refractivity contribution in [1.29, 1.82) is 0 Å². The summed E-state index contributed by atoms with van der Waals surface area (Å²) in [6.45, 7) is 4.34. The topological polar surface area (TPSA) is 70.2 Å². The highest BCUT2D eigenvalue weighted by Crippen LogP contribution is 2.02. The van der Waals surface area contributed by atoms with E-state index in [9.17, 15) is 9.59 Å². The summed E-state index contributed by atoms with van der Waals surface area (Å²) in [6, 6.07) is 0.0285. The number of rotatable bonds is 2. The van der Waals surface area contributed by atoms with Crippen molar-refractivity contribution in [3.8, 4) is 0 Å². The number of hydrogen-bond donors (Lipinski definition) is 3. The number of hydrogen-bond acceptors (Lipinski definition) is 2. The minimum Gasteiger partial charge on any atom is -0.354 e. The highest BCUT2D eigenvalue weighted by Gasteiger charge is 2.19. The molecule has 0 bridgehead atoms. The highest BCUT2D eigenvalue weighted by atomic mass is 16.2. The second-order valence-corrected chi connectivity index (χ2v) is 3.81. The van der Waals surface area contributed by atoms with E-state index in [1.54, 1.807) is 0 Å². The molecule has 3 amide bonds. The molecule has 1 fully saturated rings. The van der Waals surface area contributed by atoms with E-state index in [2.05, 4.69) is 16.0 Å². The van der Waals surface area contributed by atoms with Gasteiger partial charge in [-0.05, 0) is 20.3 Å². The molecular weight excluding hydrogens is 182 g/mol. The Hall–Kier alpha value is -1.26. The van der Waals surface area contributed by atoms with E-state index in [-0.39, 0.29) is 24.0 Å². The molecule has 1 aliphatic rings. The van der Waals surface area contributed by atoms with E-state index < -0.39 is 0 Å². The van der Waals surface area contributed by atoms with Crippen LogP contribution < -0.4 is 16.0 Å². The molecule has 1 heterocycles. The summed E-state index contributed by atoms with van der Waals surface area (Å²) in [5.41, 5.74) is 0. The van der Waals surface area contributed by atoms with Crippen molar-refractivity contribution in [3.05, 3.63) is 0 Å². The fourth-order valence-corrected chi connectivity index (χ4v) is 1.35. The number of carbonyl (C=O) groups excluding carboxylic acids is 2. The van der Waals surface area contributed by atoms with E-state index in [0.29, 0.717) is 13.0 Å². The van der Waals surface area contributed by atoms with Gasteiger partial charge in [-0.3, -0.25) is 4.79 Å². The first-order valence-corrected chi connectivity index (χ1v) is 4.91. The predicted molar refractivity (Wildman–Crippen MR) is 52.8 cm³/mol. The van der Waals surface area contributed by atoms with Crippen molar-refractivity contribution in [3.63, 3.8) is 0 Å². The lowest BCUT2D eigenvalue weighted by Crippen LogP contribution is -2.51. The summed E-state index contributed by atoms with van der Waals surface area (Å²) in [7, 11) is 0. The van der Waals surface area contributed by atoms with E-state index in [1.165, 1.54) is 0 Å². The lowest BCUT2D eigenvalue weighted by Gasteiger charge is -2.24. The smallest absolute Gasteiger partial charge is 0.315 e. The van der Waals surface area contributed by atoms with Crippen LogP contribution in [-0.4, -0.2) is 30.6 Å². The molecule has 0 aromatic carbocycles. The Kier molecular flexibility index (Phi) is 3.73. The van der Waals surface area contributed by atoms with Crippen molar-refractivity contribution >= 4 is 11.9 Å². The Morgan fingerprint density at radius 2 is 2.29 bits per heavy atom. The van der Waals surface area contributed by atoms with Crippen LogP contribution in [0, 0.1) is 0 Å². The highest BCUT2D eigenvalue weighted by molar-refractivity contribution is 5.78. The Morgan fingerprint density at radius 1 is 1.57 bits per heavy atom. The molecule has 3 N–H and O–H groups in total.